The molecule has 114 valence electrons. The molecular weight excluding hydrogens is 258 g/mol. The van der Waals surface area contributed by atoms with Crippen LogP contribution in [0.3, 0.4) is 0 Å². The summed E-state index contributed by atoms with van der Waals surface area (Å²) in [6.45, 7) is 3.76. The van der Waals surface area contributed by atoms with E-state index >= 15 is 0 Å². The molecule has 1 unspecified atom stereocenters. The molecule has 0 bridgehead atoms. The predicted octanol–water partition coefficient (Wildman–Crippen LogP) is -0.403. The van der Waals surface area contributed by atoms with Gasteiger partial charge in [-0.15, -0.1) is 0 Å². The maximum absolute atomic E-state index is 12.2. The maximum atomic E-state index is 12.2. The van der Waals surface area contributed by atoms with Crippen molar-refractivity contribution in [3.8, 4) is 0 Å². The molecule has 0 aromatic carbocycles. The Kier molecular flexibility index (Phi) is 4.99. The highest BCUT2D eigenvalue weighted by molar-refractivity contribution is 5.89. The molecule has 2 aliphatic rings. The van der Waals surface area contributed by atoms with Gasteiger partial charge in [-0.05, 0) is 25.9 Å². The largest absolute Gasteiger partial charge is 0.384 e. The number of carbonyl (C=O) groups is 2. The summed E-state index contributed by atoms with van der Waals surface area (Å²) in [7, 11) is 3.45. The molecule has 6 nitrogen and oxygen atoms in total. The molecule has 2 amide bonds. The Morgan fingerprint density at radius 1 is 1.50 bits per heavy atom. The fraction of sp³-hybridized carbons (Fsp3) is 0.857. The highest BCUT2D eigenvalue weighted by Crippen LogP contribution is 2.28. The van der Waals surface area contributed by atoms with Crippen LogP contribution in [0.1, 0.15) is 19.3 Å². The Bertz CT molecular complexity index is 361. The molecular formula is C14H25N3O3. The number of amides is 2. The zero-order chi connectivity index (χ0) is 14.6. The van der Waals surface area contributed by atoms with E-state index in [9.17, 15) is 9.59 Å². The molecule has 6 heteroatoms. The summed E-state index contributed by atoms with van der Waals surface area (Å²) in [5.41, 5.74) is 0.0319. The third-order valence-corrected chi connectivity index (χ3v) is 4.46. The van der Waals surface area contributed by atoms with Crippen LogP contribution in [0.5, 0.6) is 0 Å². The maximum Gasteiger partial charge on any atom is 0.225 e. The van der Waals surface area contributed by atoms with Gasteiger partial charge < -0.3 is 20.3 Å². The molecule has 2 saturated heterocycles. The van der Waals surface area contributed by atoms with Gasteiger partial charge in [-0.1, -0.05) is 0 Å². The van der Waals surface area contributed by atoms with Crippen molar-refractivity contribution in [1.82, 2.24) is 15.5 Å². The number of likely N-dealkylation sites (tertiary alicyclic amines) is 1. The van der Waals surface area contributed by atoms with Crippen LogP contribution in [-0.2, 0) is 14.3 Å². The average molecular weight is 283 g/mol. The quantitative estimate of drug-likeness (QED) is 0.720. The van der Waals surface area contributed by atoms with Crippen molar-refractivity contribution >= 4 is 11.8 Å². The Hall–Kier alpha value is -1.14. The molecule has 0 radical (unpaired) electrons. The molecule has 0 saturated carbocycles. The van der Waals surface area contributed by atoms with Gasteiger partial charge in [0.15, 0.2) is 0 Å². The van der Waals surface area contributed by atoms with Gasteiger partial charge in [0.1, 0.15) is 0 Å². The van der Waals surface area contributed by atoms with E-state index in [4.69, 9.17) is 4.74 Å². The fourth-order valence-electron chi connectivity index (χ4n) is 3.09. The molecule has 2 fully saturated rings. The first-order valence-electron chi connectivity index (χ1n) is 7.28. The summed E-state index contributed by atoms with van der Waals surface area (Å²) >= 11 is 0. The van der Waals surface area contributed by atoms with Gasteiger partial charge in [-0.2, -0.15) is 0 Å². The van der Waals surface area contributed by atoms with E-state index in [1.54, 1.807) is 19.1 Å². The summed E-state index contributed by atoms with van der Waals surface area (Å²) in [6, 6.07) is 0. The van der Waals surface area contributed by atoms with Gasteiger partial charge in [-0.25, -0.2) is 0 Å². The van der Waals surface area contributed by atoms with E-state index in [0.717, 1.165) is 25.9 Å². The van der Waals surface area contributed by atoms with Crippen LogP contribution in [0.15, 0.2) is 0 Å². The summed E-state index contributed by atoms with van der Waals surface area (Å²) < 4.78 is 5.34. The van der Waals surface area contributed by atoms with Gasteiger partial charge >= 0.3 is 0 Å². The predicted molar refractivity (Wildman–Crippen MR) is 75.2 cm³/mol. The third kappa shape index (κ3) is 3.49. The monoisotopic (exact) mass is 283 g/mol. The lowest BCUT2D eigenvalue weighted by molar-refractivity contribution is -0.128. The van der Waals surface area contributed by atoms with Crippen LogP contribution in [0, 0.1) is 11.3 Å². The van der Waals surface area contributed by atoms with Crippen LogP contribution in [-0.4, -0.2) is 63.7 Å². The van der Waals surface area contributed by atoms with Crippen LogP contribution in [0.4, 0.5) is 0 Å². The molecule has 1 atom stereocenters. The molecule has 0 spiro atoms. The van der Waals surface area contributed by atoms with Crippen LogP contribution < -0.4 is 10.6 Å². The van der Waals surface area contributed by atoms with Crippen molar-refractivity contribution in [2.75, 3.05) is 46.9 Å². The minimum atomic E-state index is -0.200. The Morgan fingerprint density at radius 2 is 2.20 bits per heavy atom. The zero-order valence-electron chi connectivity index (χ0n) is 12.4. The summed E-state index contributed by atoms with van der Waals surface area (Å²) in [5, 5.41) is 6.37. The minimum absolute atomic E-state index is 0.00305. The van der Waals surface area contributed by atoms with Crippen LogP contribution in [0.25, 0.3) is 0 Å². The lowest BCUT2D eigenvalue weighted by Gasteiger charge is -2.37. The normalized spacial score (nSPS) is 25.8. The first kappa shape index (κ1) is 15.3. The number of piperidine rings is 1. The SMILES string of the molecule is COCC1(CNC(=O)C2CC(=O)N(C)C2)CCNCC1. The smallest absolute Gasteiger partial charge is 0.225 e. The van der Waals surface area contributed by atoms with Gasteiger partial charge in [0.05, 0.1) is 12.5 Å². The van der Waals surface area contributed by atoms with Crippen molar-refractivity contribution in [2.24, 2.45) is 11.3 Å². The summed E-state index contributed by atoms with van der Waals surface area (Å²) in [5.74, 6) is -0.149. The second kappa shape index (κ2) is 6.54. The number of nitrogens with one attached hydrogen (secondary N) is 2. The van der Waals surface area contributed by atoms with Crippen molar-refractivity contribution < 1.29 is 14.3 Å². The number of nitrogens with zero attached hydrogens (tertiary/aromatic N) is 1. The van der Waals surface area contributed by atoms with E-state index in [1.165, 1.54) is 0 Å². The molecule has 2 heterocycles. The van der Waals surface area contributed by atoms with E-state index in [1.807, 2.05) is 0 Å². The lowest BCUT2D eigenvalue weighted by atomic mass is 9.79. The van der Waals surface area contributed by atoms with Crippen molar-refractivity contribution in [2.45, 2.75) is 19.3 Å². The number of ether oxygens (including phenoxy) is 1. The van der Waals surface area contributed by atoms with Gasteiger partial charge in [0.25, 0.3) is 0 Å². The van der Waals surface area contributed by atoms with Crippen molar-refractivity contribution in [3.63, 3.8) is 0 Å². The first-order valence-corrected chi connectivity index (χ1v) is 7.28. The Balaban J connectivity index is 1.86. The van der Waals surface area contributed by atoms with E-state index in [2.05, 4.69) is 10.6 Å². The van der Waals surface area contributed by atoms with Gasteiger partial charge in [0.2, 0.25) is 11.8 Å². The molecule has 2 aliphatic heterocycles. The number of carbonyl (C=O) groups excluding carboxylic acids is 2. The van der Waals surface area contributed by atoms with E-state index < -0.39 is 0 Å². The zero-order valence-corrected chi connectivity index (χ0v) is 12.4. The molecule has 0 aromatic heterocycles. The highest BCUT2D eigenvalue weighted by Gasteiger charge is 2.35. The Morgan fingerprint density at radius 3 is 2.75 bits per heavy atom. The number of hydrogen-bond acceptors (Lipinski definition) is 4. The topological polar surface area (TPSA) is 70.7 Å². The van der Waals surface area contributed by atoms with E-state index in [-0.39, 0.29) is 23.1 Å². The summed E-state index contributed by atoms with van der Waals surface area (Å²) in [4.78, 5) is 25.3. The second-order valence-electron chi connectivity index (χ2n) is 6.08. The molecule has 2 N–H and O–H groups in total. The molecule has 0 aliphatic carbocycles. The number of hydrogen-bond donors (Lipinski definition) is 2. The highest BCUT2D eigenvalue weighted by atomic mass is 16.5. The first-order chi connectivity index (χ1) is 9.56. The molecule has 20 heavy (non-hydrogen) atoms. The third-order valence-electron chi connectivity index (χ3n) is 4.46. The average Bonchev–Trinajstić information content (AvgIpc) is 2.78. The number of rotatable bonds is 5. The lowest BCUT2D eigenvalue weighted by Crippen LogP contribution is -2.48. The van der Waals surface area contributed by atoms with E-state index in [0.29, 0.717) is 26.1 Å². The minimum Gasteiger partial charge on any atom is -0.384 e. The van der Waals surface area contributed by atoms with Crippen molar-refractivity contribution in [1.29, 1.82) is 0 Å². The van der Waals surface area contributed by atoms with Crippen molar-refractivity contribution in [3.05, 3.63) is 0 Å². The van der Waals surface area contributed by atoms with Crippen LogP contribution >= 0.6 is 0 Å². The number of methoxy groups -OCH3 is 1. The molecule has 2 rings (SSSR count). The second-order valence-corrected chi connectivity index (χ2v) is 6.08. The Labute approximate surface area is 120 Å². The van der Waals surface area contributed by atoms with Gasteiger partial charge in [0, 0.05) is 39.1 Å². The fourth-order valence-corrected chi connectivity index (χ4v) is 3.09. The standard InChI is InChI=1S/C14H25N3O3/c1-17-8-11(7-12(17)18)13(19)16-9-14(10-20-2)3-5-15-6-4-14/h11,15H,3-10H2,1-2H3,(H,16,19). The summed E-state index contributed by atoms with van der Waals surface area (Å²) in [6.07, 6.45) is 2.34. The van der Waals surface area contributed by atoms with Crippen LogP contribution in [0.2, 0.25) is 0 Å². The van der Waals surface area contributed by atoms with Gasteiger partial charge in [-0.3, -0.25) is 9.59 Å². The molecule has 0 aromatic rings.